The molecule has 7 nitrogen and oxygen atoms in total. The molecule has 0 bridgehead atoms. The fraction of sp³-hybridized carbons (Fsp3) is 0.935. The van der Waals surface area contributed by atoms with E-state index in [4.69, 9.17) is 18.9 Å². The molecule has 7 heteroatoms. The Hall–Kier alpha value is -1.18. The first-order chi connectivity index (χ1) is 18.2. The van der Waals surface area contributed by atoms with Crippen molar-refractivity contribution >= 4 is 11.9 Å². The first-order valence-electron chi connectivity index (χ1n) is 15.2. The Labute approximate surface area is 229 Å². The third-order valence-electron chi connectivity index (χ3n) is 11.5. The molecule has 0 aromatic carbocycles. The fourth-order valence-corrected chi connectivity index (χ4v) is 9.59. The lowest BCUT2D eigenvalue weighted by Gasteiger charge is -2.61. The summed E-state index contributed by atoms with van der Waals surface area (Å²) in [5.74, 6) is 3.20. The first kappa shape index (κ1) is 29.8. The maximum atomic E-state index is 12.4. The minimum absolute atomic E-state index is 0.0108. The van der Waals surface area contributed by atoms with E-state index in [0.29, 0.717) is 61.4 Å². The van der Waals surface area contributed by atoms with Gasteiger partial charge in [-0.15, -0.1) is 0 Å². The van der Waals surface area contributed by atoms with Crippen LogP contribution in [-0.4, -0.2) is 63.3 Å². The van der Waals surface area contributed by atoms with Gasteiger partial charge < -0.3 is 24.1 Å². The Kier molecular flexibility index (Phi) is 10.2. The summed E-state index contributed by atoms with van der Waals surface area (Å²) in [5, 5.41) is 9.20. The fourth-order valence-electron chi connectivity index (χ4n) is 9.59. The van der Waals surface area contributed by atoms with Crippen molar-refractivity contribution in [2.24, 2.45) is 46.3 Å². The summed E-state index contributed by atoms with van der Waals surface area (Å²) in [5.41, 5.74) is 0.708. The summed E-state index contributed by atoms with van der Waals surface area (Å²) in [6.07, 6.45) is 11.9. The van der Waals surface area contributed by atoms with Gasteiger partial charge in [0.15, 0.2) is 0 Å². The van der Waals surface area contributed by atoms with Crippen molar-refractivity contribution in [2.75, 3.05) is 40.1 Å². The molecular weight excluding hydrogens is 484 g/mol. The number of hydrogen-bond acceptors (Lipinski definition) is 6. The number of carboxylic acid groups (broad SMARTS) is 1. The molecule has 1 N–H and O–H groups in total. The predicted molar refractivity (Wildman–Crippen MR) is 145 cm³/mol. The number of carboxylic acids is 1. The van der Waals surface area contributed by atoms with Gasteiger partial charge in [-0.1, -0.05) is 20.8 Å². The van der Waals surface area contributed by atoms with Gasteiger partial charge in [0.2, 0.25) is 0 Å². The average Bonchev–Trinajstić information content (AvgIpc) is 3.24. The second-order valence-corrected chi connectivity index (χ2v) is 13.3. The predicted octanol–water partition coefficient (Wildman–Crippen LogP) is 5.74. The number of rotatable bonds is 13. The smallest absolute Gasteiger partial charge is 0.332 e. The highest BCUT2D eigenvalue weighted by atomic mass is 16.6. The summed E-state index contributed by atoms with van der Waals surface area (Å²) in [4.78, 5) is 23.6. The Morgan fingerprint density at radius 1 is 0.895 bits per heavy atom. The first-order valence-corrected chi connectivity index (χ1v) is 15.2. The van der Waals surface area contributed by atoms with Crippen molar-refractivity contribution in [1.29, 1.82) is 0 Å². The minimum atomic E-state index is -0.663. The topological polar surface area (TPSA) is 91.3 Å². The standard InChI is InChI=1S/C31H52O7/c1-21(5-10-28(32)33)25-8-9-26-24-7-6-22-19-23(38-29(34)20-37-18-17-36-16-15-35-4)11-13-30(22,2)27(24)12-14-31(25,26)3/h21-27H,5-20H2,1-4H3,(H,32,33)/t21-,22-,23+,24+,25-,26+,27+,30+,31-/m1/s1. The van der Waals surface area contributed by atoms with Crippen LogP contribution in [0, 0.1) is 46.3 Å². The van der Waals surface area contributed by atoms with Crippen LogP contribution in [-0.2, 0) is 28.5 Å². The van der Waals surface area contributed by atoms with E-state index in [1.165, 1.54) is 38.5 Å². The molecule has 0 unspecified atom stereocenters. The third-order valence-corrected chi connectivity index (χ3v) is 11.5. The Morgan fingerprint density at radius 3 is 2.37 bits per heavy atom. The molecule has 4 aliphatic carbocycles. The number of ether oxygens (including phenoxy) is 4. The summed E-state index contributed by atoms with van der Waals surface area (Å²) in [6.45, 7) is 9.29. The maximum absolute atomic E-state index is 12.4. The molecular formula is C31H52O7. The van der Waals surface area contributed by atoms with Gasteiger partial charge in [-0.05, 0) is 111 Å². The molecule has 4 aliphatic rings. The summed E-state index contributed by atoms with van der Waals surface area (Å²) < 4.78 is 21.6. The number of esters is 1. The van der Waals surface area contributed by atoms with Crippen LogP contribution in [0.1, 0.15) is 91.4 Å². The van der Waals surface area contributed by atoms with Gasteiger partial charge in [0.05, 0.1) is 26.4 Å². The third kappa shape index (κ3) is 6.41. The van der Waals surface area contributed by atoms with Crippen LogP contribution in [0.15, 0.2) is 0 Å². The van der Waals surface area contributed by atoms with Crippen molar-refractivity contribution in [1.82, 2.24) is 0 Å². The van der Waals surface area contributed by atoms with E-state index >= 15 is 0 Å². The van der Waals surface area contributed by atoms with Crippen LogP contribution in [0.2, 0.25) is 0 Å². The maximum Gasteiger partial charge on any atom is 0.332 e. The van der Waals surface area contributed by atoms with Crippen molar-refractivity contribution < 1.29 is 33.6 Å². The second-order valence-electron chi connectivity index (χ2n) is 13.3. The number of methoxy groups -OCH3 is 1. The molecule has 0 aliphatic heterocycles. The van der Waals surface area contributed by atoms with Gasteiger partial charge in [0.1, 0.15) is 12.7 Å². The Balaban J connectivity index is 1.27. The van der Waals surface area contributed by atoms with Crippen molar-refractivity contribution in [3.05, 3.63) is 0 Å². The molecule has 4 rings (SSSR count). The Bertz CT molecular complexity index is 801. The summed E-state index contributed by atoms with van der Waals surface area (Å²) in [6, 6.07) is 0. The van der Waals surface area contributed by atoms with Crippen LogP contribution in [0.25, 0.3) is 0 Å². The normalized spacial score (nSPS) is 39.1. The monoisotopic (exact) mass is 536 g/mol. The van der Waals surface area contributed by atoms with Crippen LogP contribution >= 0.6 is 0 Å². The molecule has 0 amide bonds. The molecule has 0 spiro atoms. The second kappa shape index (κ2) is 13.0. The van der Waals surface area contributed by atoms with E-state index in [1.54, 1.807) is 7.11 Å². The van der Waals surface area contributed by atoms with E-state index in [-0.39, 0.29) is 18.7 Å². The number of hydrogen-bond donors (Lipinski definition) is 1. The quantitative estimate of drug-likeness (QED) is 0.237. The van der Waals surface area contributed by atoms with E-state index in [0.717, 1.165) is 43.4 Å². The van der Waals surface area contributed by atoms with Gasteiger partial charge in [0, 0.05) is 13.5 Å². The molecule has 0 aromatic heterocycles. The van der Waals surface area contributed by atoms with Crippen LogP contribution in [0.3, 0.4) is 0 Å². The van der Waals surface area contributed by atoms with E-state index < -0.39 is 5.97 Å². The number of carbonyl (C=O) groups is 2. The number of carbonyl (C=O) groups excluding carboxylic acids is 1. The van der Waals surface area contributed by atoms with Crippen molar-refractivity contribution in [2.45, 2.75) is 97.5 Å². The van der Waals surface area contributed by atoms with E-state index in [1.807, 2.05) is 0 Å². The number of fused-ring (bicyclic) bond motifs is 5. The van der Waals surface area contributed by atoms with Crippen molar-refractivity contribution in [3.63, 3.8) is 0 Å². The summed E-state index contributed by atoms with van der Waals surface area (Å²) in [7, 11) is 1.64. The molecule has 9 atom stereocenters. The molecule has 4 fully saturated rings. The molecule has 0 radical (unpaired) electrons. The van der Waals surface area contributed by atoms with Crippen LogP contribution < -0.4 is 0 Å². The lowest BCUT2D eigenvalue weighted by atomic mass is 9.44. The Morgan fingerprint density at radius 2 is 1.61 bits per heavy atom. The lowest BCUT2D eigenvalue weighted by Crippen LogP contribution is -2.54. The molecule has 0 aromatic rings. The highest BCUT2D eigenvalue weighted by molar-refractivity contribution is 5.70. The van der Waals surface area contributed by atoms with E-state index in [9.17, 15) is 14.7 Å². The molecule has 38 heavy (non-hydrogen) atoms. The minimum Gasteiger partial charge on any atom is -0.481 e. The molecule has 0 saturated heterocycles. The summed E-state index contributed by atoms with van der Waals surface area (Å²) >= 11 is 0. The lowest BCUT2D eigenvalue weighted by molar-refractivity contribution is -0.167. The molecule has 4 saturated carbocycles. The van der Waals surface area contributed by atoms with Crippen LogP contribution in [0.5, 0.6) is 0 Å². The van der Waals surface area contributed by atoms with Crippen molar-refractivity contribution in [3.8, 4) is 0 Å². The van der Waals surface area contributed by atoms with Gasteiger partial charge in [-0.3, -0.25) is 4.79 Å². The van der Waals surface area contributed by atoms with Gasteiger partial charge in [0.25, 0.3) is 0 Å². The zero-order valence-electron chi connectivity index (χ0n) is 24.3. The van der Waals surface area contributed by atoms with Gasteiger partial charge in [-0.2, -0.15) is 0 Å². The molecule has 0 heterocycles. The molecule has 218 valence electrons. The zero-order chi connectivity index (χ0) is 27.3. The van der Waals surface area contributed by atoms with Crippen LogP contribution in [0.4, 0.5) is 0 Å². The highest BCUT2D eigenvalue weighted by Gasteiger charge is 2.60. The average molecular weight is 537 g/mol. The SMILES string of the molecule is COCCOCCOCC(=O)O[C@H]1CC[C@@]2(C)[C@H](CC[C@@H]3[C@@H]2CC[C@]2(C)[C@@H]([C@H](C)CCC(=O)O)CC[C@@H]32)C1. The highest BCUT2D eigenvalue weighted by Crippen LogP contribution is 2.68. The number of aliphatic carboxylic acids is 1. The zero-order valence-corrected chi connectivity index (χ0v) is 24.3. The van der Waals surface area contributed by atoms with E-state index in [2.05, 4.69) is 20.8 Å². The largest absolute Gasteiger partial charge is 0.481 e. The van der Waals surface area contributed by atoms with Gasteiger partial charge in [-0.25, -0.2) is 4.79 Å². The van der Waals surface area contributed by atoms with Gasteiger partial charge >= 0.3 is 11.9 Å².